The van der Waals surface area contributed by atoms with Gasteiger partial charge in [0.1, 0.15) is 0 Å². The molecule has 2 saturated heterocycles. The molecule has 2 rings (SSSR count). The van der Waals surface area contributed by atoms with E-state index in [0.717, 1.165) is 45.6 Å². The summed E-state index contributed by atoms with van der Waals surface area (Å²) in [6, 6.07) is 0. The van der Waals surface area contributed by atoms with Crippen LogP contribution >= 0.6 is 12.4 Å². The first kappa shape index (κ1) is 14.7. The fourth-order valence-electron chi connectivity index (χ4n) is 2.49. The fourth-order valence-corrected chi connectivity index (χ4v) is 2.49. The van der Waals surface area contributed by atoms with E-state index in [1.54, 1.807) is 0 Å². The Labute approximate surface area is 109 Å². The molecular formula is C12H23ClN2O2. The van der Waals surface area contributed by atoms with E-state index in [9.17, 15) is 4.79 Å². The predicted octanol–water partition coefficient (Wildman–Crippen LogP) is 1.05. The number of carbonyl (C=O) groups excluding carboxylic acids is 1. The predicted molar refractivity (Wildman–Crippen MR) is 69.5 cm³/mol. The first-order valence-corrected chi connectivity index (χ1v) is 6.36. The van der Waals surface area contributed by atoms with E-state index in [1.165, 1.54) is 0 Å². The number of carbonyl (C=O) groups is 1. The van der Waals surface area contributed by atoms with E-state index in [4.69, 9.17) is 4.74 Å². The highest BCUT2D eigenvalue weighted by Crippen LogP contribution is 2.15. The van der Waals surface area contributed by atoms with Crippen molar-refractivity contribution in [1.29, 1.82) is 0 Å². The third-order valence-corrected chi connectivity index (χ3v) is 3.43. The molecule has 2 heterocycles. The Bertz CT molecular complexity index is 245. The summed E-state index contributed by atoms with van der Waals surface area (Å²) in [4.78, 5) is 14.1. The van der Waals surface area contributed by atoms with Crippen LogP contribution in [0.25, 0.3) is 0 Å². The molecule has 0 radical (unpaired) electrons. The SMILES string of the molecule is CC1CN(C(=O)CC2CCNC2)CCCO1.Cl. The molecule has 0 aliphatic carbocycles. The summed E-state index contributed by atoms with van der Waals surface area (Å²) in [5, 5.41) is 3.31. The topological polar surface area (TPSA) is 41.6 Å². The standard InChI is InChI=1S/C12H22N2O2.ClH/c1-10-9-14(5-2-6-16-10)12(15)7-11-3-4-13-8-11;/h10-11,13H,2-9H2,1H3;1H. The molecule has 17 heavy (non-hydrogen) atoms. The second-order valence-corrected chi connectivity index (χ2v) is 4.94. The van der Waals surface area contributed by atoms with E-state index in [0.29, 0.717) is 18.2 Å². The highest BCUT2D eigenvalue weighted by Gasteiger charge is 2.24. The monoisotopic (exact) mass is 262 g/mol. The van der Waals surface area contributed by atoms with Crippen molar-refractivity contribution in [3.63, 3.8) is 0 Å². The lowest BCUT2D eigenvalue weighted by Crippen LogP contribution is -2.37. The van der Waals surface area contributed by atoms with Crippen molar-refractivity contribution in [1.82, 2.24) is 10.2 Å². The maximum Gasteiger partial charge on any atom is 0.222 e. The van der Waals surface area contributed by atoms with Gasteiger partial charge in [-0.25, -0.2) is 0 Å². The first-order valence-electron chi connectivity index (χ1n) is 6.36. The molecule has 0 bridgehead atoms. The smallest absolute Gasteiger partial charge is 0.222 e. The number of rotatable bonds is 2. The number of amides is 1. The first-order chi connectivity index (χ1) is 7.75. The number of hydrogen-bond acceptors (Lipinski definition) is 3. The molecule has 1 amide bonds. The van der Waals surface area contributed by atoms with E-state index in [-0.39, 0.29) is 18.5 Å². The van der Waals surface area contributed by atoms with Gasteiger partial charge in [0.15, 0.2) is 0 Å². The average molecular weight is 263 g/mol. The van der Waals surface area contributed by atoms with Crippen LogP contribution in [0.15, 0.2) is 0 Å². The molecule has 2 aliphatic rings. The van der Waals surface area contributed by atoms with Crippen molar-refractivity contribution < 1.29 is 9.53 Å². The molecule has 2 unspecified atom stereocenters. The average Bonchev–Trinajstić information content (AvgIpc) is 2.65. The number of ether oxygens (including phenoxy) is 1. The number of hydrogen-bond donors (Lipinski definition) is 1. The van der Waals surface area contributed by atoms with Crippen LogP contribution in [0.3, 0.4) is 0 Å². The van der Waals surface area contributed by atoms with Crippen LogP contribution in [0, 0.1) is 5.92 Å². The van der Waals surface area contributed by atoms with Gasteiger partial charge in [-0.2, -0.15) is 0 Å². The van der Waals surface area contributed by atoms with E-state index < -0.39 is 0 Å². The summed E-state index contributed by atoms with van der Waals surface area (Å²) in [5.74, 6) is 0.859. The zero-order chi connectivity index (χ0) is 11.4. The van der Waals surface area contributed by atoms with E-state index in [1.807, 2.05) is 11.8 Å². The molecule has 4 nitrogen and oxygen atoms in total. The molecule has 2 aliphatic heterocycles. The van der Waals surface area contributed by atoms with Crippen molar-refractivity contribution >= 4 is 18.3 Å². The van der Waals surface area contributed by atoms with Crippen molar-refractivity contribution in [2.24, 2.45) is 5.92 Å². The van der Waals surface area contributed by atoms with Crippen LogP contribution in [0.1, 0.15) is 26.2 Å². The maximum absolute atomic E-state index is 12.1. The summed E-state index contributed by atoms with van der Waals surface area (Å²) in [7, 11) is 0. The lowest BCUT2D eigenvalue weighted by atomic mass is 10.0. The summed E-state index contributed by atoms with van der Waals surface area (Å²) in [6.45, 7) is 6.53. The van der Waals surface area contributed by atoms with Crippen LogP contribution < -0.4 is 5.32 Å². The Kier molecular flexibility index (Phi) is 6.23. The van der Waals surface area contributed by atoms with Gasteiger partial charge in [0.05, 0.1) is 6.10 Å². The number of halogens is 1. The molecule has 0 aromatic rings. The molecule has 5 heteroatoms. The van der Waals surface area contributed by atoms with Crippen LogP contribution in [-0.4, -0.2) is 49.7 Å². The zero-order valence-corrected chi connectivity index (χ0v) is 11.3. The Morgan fingerprint density at radius 2 is 2.35 bits per heavy atom. The fraction of sp³-hybridized carbons (Fsp3) is 0.917. The zero-order valence-electron chi connectivity index (χ0n) is 10.5. The Morgan fingerprint density at radius 1 is 1.53 bits per heavy atom. The summed E-state index contributed by atoms with van der Waals surface area (Å²) in [5.41, 5.74) is 0. The normalized spacial score (nSPS) is 29.6. The second-order valence-electron chi connectivity index (χ2n) is 4.94. The van der Waals surface area contributed by atoms with Crippen LogP contribution in [0.4, 0.5) is 0 Å². The Hall–Kier alpha value is -0.320. The van der Waals surface area contributed by atoms with Crippen LogP contribution in [0.2, 0.25) is 0 Å². The van der Waals surface area contributed by atoms with Gasteiger partial charge in [-0.15, -0.1) is 12.4 Å². The third-order valence-electron chi connectivity index (χ3n) is 3.43. The molecule has 0 saturated carbocycles. The Balaban J connectivity index is 0.00000144. The van der Waals surface area contributed by atoms with Gasteiger partial charge in [-0.1, -0.05) is 0 Å². The lowest BCUT2D eigenvalue weighted by Gasteiger charge is -2.23. The quantitative estimate of drug-likeness (QED) is 0.809. The molecule has 100 valence electrons. The highest BCUT2D eigenvalue weighted by atomic mass is 35.5. The van der Waals surface area contributed by atoms with Gasteiger partial charge in [0.2, 0.25) is 5.91 Å². The largest absolute Gasteiger partial charge is 0.377 e. The van der Waals surface area contributed by atoms with Gasteiger partial charge >= 0.3 is 0 Å². The van der Waals surface area contributed by atoms with Gasteiger partial charge in [0, 0.05) is 26.1 Å². The molecule has 2 atom stereocenters. The van der Waals surface area contributed by atoms with Gasteiger partial charge in [-0.3, -0.25) is 4.79 Å². The van der Waals surface area contributed by atoms with Crippen molar-refractivity contribution in [2.75, 3.05) is 32.8 Å². The molecule has 2 fully saturated rings. The van der Waals surface area contributed by atoms with Crippen molar-refractivity contribution in [3.8, 4) is 0 Å². The van der Waals surface area contributed by atoms with Crippen LogP contribution in [0.5, 0.6) is 0 Å². The lowest BCUT2D eigenvalue weighted by molar-refractivity contribution is -0.132. The summed E-state index contributed by atoms with van der Waals surface area (Å²) in [6.07, 6.45) is 3.01. The molecule has 0 spiro atoms. The number of nitrogens with zero attached hydrogens (tertiary/aromatic N) is 1. The van der Waals surface area contributed by atoms with E-state index in [2.05, 4.69) is 5.32 Å². The van der Waals surface area contributed by atoms with Gasteiger partial charge < -0.3 is 15.0 Å². The van der Waals surface area contributed by atoms with Crippen molar-refractivity contribution in [3.05, 3.63) is 0 Å². The summed E-state index contributed by atoms with van der Waals surface area (Å²) >= 11 is 0. The minimum absolute atomic E-state index is 0. The molecular weight excluding hydrogens is 240 g/mol. The highest BCUT2D eigenvalue weighted by molar-refractivity contribution is 5.85. The van der Waals surface area contributed by atoms with Gasteiger partial charge in [0.25, 0.3) is 0 Å². The Morgan fingerprint density at radius 3 is 3.06 bits per heavy atom. The molecule has 0 aromatic carbocycles. The van der Waals surface area contributed by atoms with Crippen molar-refractivity contribution in [2.45, 2.75) is 32.3 Å². The second kappa shape index (κ2) is 7.19. The third kappa shape index (κ3) is 4.45. The van der Waals surface area contributed by atoms with Crippen LogP contribution in [-0.2, 0) is 9.53 Å². The number of nitrogens with one attached hydrogen (secondary N) is 1. The van der Waals surface area contributed by atoms with Gasteiger partial charge in [-0.05, 0) is 38.8 Å². The maximum atomic E-state index is 12.1. The molecule has 0 aromatic heterocycles. The minimum Gasteiger partial charge on any atom is -0.377 e. The molecule has 1 N–H and O–H groups in total. The summed E-state index contributed by atoms with van der Waals surface area (Å²) < 4.78 is 5.55. The minimum atomic E-state index is 0. The van der Waals surface area contributed by atoms with E-state index >= 15 is 0 Å².